The van der Waals surface area contributed by atoms with Crippen molar-refractivity contribution in [2.75, 3.05) is 6.61 Å². The maximum atomic E-state index is 8.94. The summed E-state index contributed by atoms with van der Waals surface area (Å²) >= 11 is 0. The van der Waals surface area contributed by atoms with E-state index >= 15 is 0 Å². The largest absolute Gasteiger partial charge is 0.394 e. The molecule has 0 aromatic rings. The molecule has 0 spiro atoms. The van der Waals surface area contributed by atoms with Crippen molar-refractivity contribution < 1.29 is 10.2 Å². The molecule has 1 radical (unpaired) electrons. The molecule has 0 aromatic heterocycles. The van der Waals surface area contributed by atoms with Gasteiger partial charge < -0.3 is 10.2 Å². The van der Waals surface area contributed by atoms with E-state index in [4.69, 9.17) is 15.9 Å². The highest BCUT2D eigenvalue weighted by Crippen LogP contribution is 2.06. The quantitative estimate of drug-likeness (QED) is 0.588. The van der Waals surface area contributed by atoms with E-state index in [1.165, 1.54) is 0 Å². The molecule has 0 aliphatic carbocycles. The fourth-order valence-corrected chi connectivity index (χ4v) is 0.792. The highest BCUT2D eigenvalue weighted by atomic mass is 16.3. The van der Waals surface area contributed by atoms with Crippen LogP contribution in [0.3, 0.4) is 0 Å². The number of hydrogen-bond donors (Lipinski definition) is 2. The molecule has 10 heavy (non-hydrogen) atoms. The van der Waals surface area contributed by atoms with Gasteiger partial charge in [-0.3, -0.25) is 5.73 Å². The normalized spacial score (nSPS) is 17.4. The zero-order valence-corrected chi connectivity index (χ0v) is 6.54. The summed E-state index contributed by atoms with van der Waals surface area (Å²) in [7, 11) is 0. The Balaban J connectivity index is 3.50. The lowest BCUT2D eigenvalue weighted by Gasteiger charge is -2.16. The molecular weight excluding hydrogens is 130 g/mol. The fraction of sp³-hybridized carbons (Fsp3) is 1.00. The van der Waals surface area contributed by atoms with E-state index in [-0.39, 0.29) is 6.61 Å². The van der Waals surface area contributed by atoms with Gasteiger partial charge in [-0.25, -0.2) is 0 Å². The summed E-state index contributed by atoms with van der Waals surface area (Å²) in [6.07, 6.45) is -0.232. The van der Waals surface area contributed by atoms with E-state index in [2.05, 4.69) is 0 Å². The Hall–Kier alpha value is -0.120. The van der Waals surface area contributed by atoms with Gasteiger partial charge in [0.1, 0.15) is 0 Å². The minimum Gasteiger partial charge on any atom is -0.394 e. The van der Waals surface area contributed by atoms with Crippen LogP contribution in [0.1, 0.15) is 20.3 Å². The molecule has 3 nitrogen and oxygen atoms in total. The van der Waals surface area contributed by atoms with Crippen LogP contribution in [-0.2, 0) is 0 Å². The maximum absolute atomic E-state index is 8.94. The third-order valence-corrected chi connectivity index (χ3v) is 1.38. The molecule has 2 atom stereocenters. The summed E-state index contributed by atoms with van der Waals surface area (Å²) in [6, 6.07) is -0.537. The van der Waals surface area contributed by atoms with Crippen LogP contribution in [-0.4, -0.2) is 29.0 Å². The molecule has 0 aliphatic rings. The van der Waals surface area contributed by atoms with E-state index in [1.54, 1.807) is 0 Å². The predicted octanol–water partition coefficient (Wildman–Crippen LogP) is 0.0372. The molecule has 0 saturated heterocycles. The molecule has 0 fully saturated rings. The first kappa shape index (κ1) is 9.88. The molecule has 0 aliphatic heterocycles. The van der Waals surface area contributed by atoms with Gasteiger partial charge in [-0.05, 0) is 12.3 Å². The third-order valence-electron chi connectivity index (χ3n) is 1.38. The molecule has 0 rings (SSSR count). The van der Waals surface area contributed by atoms with Crippen LogP contribution in [0.5, 0.6) is 0 Å². The lowest BCUT2D eigenvalue weighted by Crippen LogP contribution is -2.31. The van der Waals surface area contributed by atoms with Crippen LogP contribution < -0.4 is 5.73 Å². The van der Waals surface area contributed by atoms with Crippen molar-refractivity contribution in [1.82, 2.24) is 5.73 Å². The van der Waals surface area contributed by atoms with Crippen molar-refractivity contribution >= 4 is 0 Å². The molecular formula is C7H16NO2. The molecule has 3 heteroatoms. The van der Waals surface area contributed by atoms with Gasteiger partial charge in [-0.2, -0.15) is 0 Å². The van der Waals surface area contributed by atoms with Gasteiger partial charge in [-0.1, -0.05) is 13.8 Å². The third kappa shape index (κ3) is 3.82. The van der Waals surface area contributed by atoms with Crippen LogP contribution >= 0.6 is 0 Å². The van der Waals surface area contributed by atoms with Crippen LogP contribution in [0, 0.1) is 5.92 Å². The second kappa shape index (κ2) is 4.66. The summed E-state index contributed by atoms with van der Waals surface area (Å²) in [5.74, 6) is 0.406. The Morgan fingerprint density at radius 3 is 2.20 bits per heavy atom. The highest BCUT2D eigenvalue weighted by molar-refractivity contribution is 4.70. The van der Waals surface area contributed by atoms with E-state index < -0.39 is 12.1 Å². The van der Waals surface area contributed by atoms with Gasteiger partial charge in [0.2, 0.25) is 0 Å². The molecule has 0 saturated carbocycles. The van der Waals surface area contributed by atoms with Gasteiger partial charge in [0.25, 0.3) is 0 Å². The molecule has 61 valence electrons. The monoisotopic (exact) mass is 146 g/mol. The summed E-state index contributed by atoms with van der Waals surface area (Å²) in [5, 5.41) is 17.4. The van der Waals surface area contributed by atoms with Crippen molar-refractivity contribution in [2.45, 2.75) is 32.4 Å². The average Bonchev–Trinajstić information content (AvgIpc) is 1.85. The molecule has 0 bridgehead atoms. The predicted molar refractivity (Wildman–Crippen MR) is 39.4 cm³/mol. The van der Waals surface area contributed by atoms with Crippen LogP contribution in [0.4, 0.5) is 0 Å². The standard InChI is InChI=1S/C7H16NO2/c1-5(2)3-6(8)7(10)4-9/h5-10H,3-4H2,1-2H3. The second-order valence-electron chi connectivity index (χ2n) is 2.99. The minimum absolute atomic E-state index is 0.305. The Kier molecular flexibility index (Phi) is 4.60. The van der Waals surface area contributed by atoms with E-state index in [9.17, 15) is 0 Å². The fourth-order valence-electron chi connectivity index (χ4n) is 0.792. The van der Waals surface area contributed by atoms with Crippen molar-refractivity contribution in [3.05, 3.63) is 0 Å². The number of nitrogens with one attached hydrogen (secondary N) is 1. The summed E-state index contributed by atoms with van der Waals surface area (Å²) in [6.45, 7) is 3.68. The first-order chi connectivity index (χ1) is 4.57. The van der Waals surface area contributed by atoms with Crippen molar-refractivity contribution in [3.8, 4) is 0 Å². The SMILES string of the molecule is CC(C)CC([NH])C(O)CO. The Morgan fingerprint density at radius 2 is 1.90 bits per heavy atom. The lowest BCUT2D eigenvalue weighted by atomic mass is 10.0. The van der Waals surface area contributed by atoms with Crippen molar-refractivity contribution in [3.63, 3.8) is 0 Å². The maximum Gasteiger partial charge on any atom is 0.0937 e. The number of hydrogen-bond acceptors (Lipinski definition) is 2. The lowest BCUT2D eigenvalue weighted by molar-refractivity contribution is 0.0662. The zero-order chi connectivity index (χ0) is 8.15. The van der Waals surface area contributed by atoms with Gasteiger partial charge >= 0.3 is 0 Å². The van der Waals surface area contributed by atoms with E-state index in [1.807, 2.05) is 13.8 Å². The van der Waals surface area contributed by atoms with Crippen LogP contribution in [0.2, 0.25) is 0 Å². The van der Waals surface area contributed by atoms with Crippen molar-refractivity contribution in [1.29, 1.82) is 0 Å². The van der Waals surface area contributed by atoms with E-state index in [0.717, 1.165) is 0 Å². The summed E-state index contributed by atoms with van der Waals surface area (Å²) < 4.78 is 0. The molecule has 0 amide bonds. The van der Waals surface area contributed by atoms with Gasteiger partial charge in [0, 0.05) is 6.04 Å². The molecule has 0 heterocycles. The Bertz CT molecular complexity index is 85.7. The average molecular weight is 146 g/mol. The van der Waals surface area contributed by atoms with Crippen LogP contribution in [0.25, 0.3) is 0 Å². The highest BCUT2D eigenvalue weighted by Gasteiger charge is 2.14. The second-order valence-corrected chi connectivity index (χ2v) is 2.99. The summed E-state index contributed by atoms with van der Waals surface area (Å²) in [5.41, 5.74) is 7.30. The topological polar surface area (TPSA) is 64.3 Å². The summed E-state index contributed by atoms with van der Waals surface area (Å²) in [4.78, 5) is 0. The van der Waals surface area contributed by atoms with Crippen molar-refractivity contribution in [2.24, 2.45) is 5.92 Å². The minimum atomic E-state index is -0.873. The first-order valence-corrected chi connectivity index (χ1v) is 3.58. The molecule has 0 aromatic carbocycles. The number of rotatable bonds is 4. The van der Waals surface area contributed by atoms with Crippen LogP contribution in [0.15, 0.2) is 0 Å². The Labute approximate surface area is 61.9 Å². The smallest absolute Gasteiger partial charge is 0.0937 e. The van der Waals surface area contributed by atoms with E-state index in [0.29, 0.717) is 12.3 Å². The Morgan fingerprint density at radius 1 is 1.40 bits per heavy atom. The van der Waals surface area contributed by atoms with Gasteiger partial charge in [-0.15, -0.1) is 0 Å². The first-order valence-electron chi connectivity index (χ1n) is 3.58. The zero-order valence-electron chi connectivity index (χ0n) is 6.54. The van der Waals surface area contributed by atoms with Gasteiger partial charge in [0.05, 0.1) is 12.7 Å². The molecule has 3 N–H and O–H groups in total. The van der Waals surface area contributed by atoms with Gasteiger partial charge in [0.15, 0.2) is 0 Å². The number of aliphatic hydroxyl groups excluding tert-OH is 2. The molecule has 2 unspecified atom stereocenters. The number of aliphatic hydroxyl groups is 2.